The molecule has 27 heavy (non-hydrogen) atoms. The Morgan fingerprint density at radius 2 is 1.85 bits per heavy atom. The highest BCUT2D eigenvalue weighted by atomic mass is 16.3. The highest BCUT2D eigenvalue weighted by Crippen LogP contribution is 2.28. The van der Waals surface area contributed by atoms with Crippen LogP contribution < -0.4 is 0 Å². The van der Waals surface area contributed by atoms with E-state index in [9.17, 15) is 0 Å². The van der Waals surface area contributed by atoms with Crippen molar-refractivity contribution in [1.82, 2.24) is 30.0 Å². The molecule has 0 bridgehead atoms. The van der Waals surface area contributed by atoms with Crippen LogP contribution in [0.25, 0.3) is 0 Å². The summed E-state index contributed by atoms with van der Waals surface area (Å²) in [5.74, 6) is 1.71. The molecule has 1 atom stereocenters. The normalized spacial score (nSPS) is 17.3. The molecule has 2 aromatic heterocycles. The average Bonchev–Trinajstić information content (AvgIpc) is 3.37. The number of aromatic nitrogens is 4. The summed E-state index contributed by atoms with van der Waals surface area (Å²) >= 11 is 0. The zero-order chi connectivity index (χ0) is 18.6. The lowest BCUT2D eigenvalue weighted by Gasteiger charge is -2.38. The maximum Gasteiger partial charge on any atom is 0.173 e. The maximum atomic E-state index is 5.50. The average molecular weight is 366 g/mol. The van der Waals surface area contributed by atoms with Crippen LogP contribution in [-0.2, 0) is 6.54 Å². The summed E-state index contributed by atoms with van der Waals surface area (Å²) in [6.07, 6.45) is 1.68. The molecule has 0 amide bonds. The summed E-state index contributed by atoms with van der Waals surface area (Å²) < 4.78 is 7.36. The van der Waals surface area contributed by atoms with Crippen molar-refractivity contribution in [3.8, 4) is 0 Å². The van der Waals surface area contributed by atoms with Crippen molar-refractivity contribution >= 4 is 0 Å². The van der Waals surface area contributed by atoms with Gasteiger partial charge in [-0.05, 0) is 41.6 Å². The van der Waals surface area contributed by atoms with E-state index in [4.69, 9.17) is 4.42 Å². The van der Waals surface area contributed by atoms with Gasteiger partial charge in [0.2, 0.25) is 0 Å². The molecule has 3 heterocycles. The lowest BCUT2D eigenvalue weighted by atomic mass is 10.0. The van der Waals surface area contributed by atoms with Gasteiger partial charge in [0.25, 0.3) is 0 Å². The summed E-state index contributed by atoms with van der Waals surface area (Å²) in [5.41, 5.74) is 2.48. The third-order valence-electron chi connectivity index (χ3n) is 5.30. The van der Waals surface area contributed by atoms with Crippen molar-refractivity contribution in [2.45, 2.75) is 26.4 Å². The van der Waals surface area contributed by atoms with E-state index >= 15 is 0 Å². The molecule has 1 aliphatic rings. The number of nitrogens with zero attached hydrogens (tertiary/aromatic N) is 6. The first-order valence-corrected chi connectivity index (χ1v) is 9.56. The minimum Gasteiger partial charge on any atom is -0.467 e. The number of piperazine rings is 1. The second kappa shape index (κ2) is 8.02. The number of furan rings is 1. The van der Waals surface area contributed by atoms with Gasteiger partial charge in [0.05, 0.1) is 12.3 Å². The molecule has 1 aromatic carbocycles. The van der Waals surface area contributed by atoms with Crippen LogP contribution in [0.15, 0.2) is 47.1 Å². The highest BCUT2D eigenvalue weighted by molar-refractivity contribution is 5.28. The topological polar surface area (TPSA) is 63.2 Å². The van der Waals surface area contributed by atoms with Crippen molar-refractivity contribution in [1.29, 1.82) is 0 Å². The third-order valence-corrected chi connectivity index (χ3v) is 5.30. The second-order valence-corrected chi connectivity index (χ2v) is 7.06. The van der Waals surface area contributed by atoms with Gasteiger partial charge in [-0.15, -0.1) is 5.10 Å². The number of rotatable bonds is 6. The van der Waals surface area contributed by atoms with Crippen molar-refractivity contribution in [2.75, 3.05) is 32.7 Å². The summed E-state index contributed by atoms with van der Waals surface area (Å²) in [4.78, 5) is 4.97. The molecular weight excluding hydrogens is 340 g/mol. The summed E-state index contributed by atoms with van der Waals surface area (Å²) in [6, 6.07) is 12.6. The Morgan fingerprint density at radius 1 is 1.07 bits per heavy atom. The first kappa shape index (κ1) is 17.9. The van der Waals surface area contributed by atoms with Gasteiger partial charge >= 0.3 is 0 Å². The van der Waals surface area contributed by atoms with Crippen LogP contribution >= 0.6 is 0 Å². The number of benzene rings is 1. The molecule has 1 saturated heterocycles. The van der Waals surface area contributed by atoms with Crippen molar-refractivity contribution in [3.05, 3.63) is 65.4 Å². The SMILES string of the molecule is CCN1CCN([C@@H](c2ccc(C)cc2)c2nnnn2Cc2ccco2)CC1. The fraction of sp³-hybridized carbons (Fsp3) is 0.450. The molecule has 0 radical (unpaired) electrons. The van der Waals surface area contributed by atoms with Gasteiger partial charge in [0, 0.05) is 26.2 Å². The Morgan fingerprint density at radius 3 is 2.52 bits per heavy atom. The minimum absolute atomic E-state index is 0.0366. The maximum absolute atomic E-state index is 5.50. The van der Waals surface area contributed by atoms with E-state index in [-0.39, 0.29) is 6.04 Å². The van der Waals surface area contributed by atoms with E-state index in [0.717, 1.165) is 44.3 Å². The third kappa shape index (κ3) is 3.94. The number of hydrogen-bond donors (Lipinski definition) is 0. The van der Waals surface area contributed by atoms with Crippen molar-refractivity contribution in [3.63, 3.8) is 0 Å². The lowest BCUT2D eigenvalue weighted by molar-refractivity contribution is 0.108. The van der Waals surface area contributed by atoms with Crippen molar-refractivity contribution in [2.24, 2.45) is 0 Å². The van der Waals surface area contributed by atoms with Gasteiger partial charge in [0.15, 0.2) is 5.82 Å². The second-order valence-electron chi connectivity index (χ2n) is 7.06. The largest absolute Gasteiger partial charge is 0.467 e. The van der Waals surface area contributed by atoms with Gasteiger partial charge in [-0.1, -0.05) is 36.8 Å². The van der Waals surface area contributed by atoms with Crippen molar-refractivity contribution < 1.29 is 4.42 Å². The number of likely N-dealkylation sites (N-methyl/N-ethyl adjacent to an activating group) is 1. The molecule has 4 rings (SSSR count). The van der Waals surface area contributed by atoms with E-state index in [1.165, 1.54) is 11.1 Å². The Hall–Kier alpha value is -2.51. The first-order chi connectivity index (χ1) is 13.2. The number of hydrogen-bond acceptors (Lipinski definition) is 6. The molecule has 142 valence electrons. The molecule has 7 heteroatoms. The molecular formula is C20H26N6O. The fourth-order valence-electron chi connectivity index (χ4n) is 3.68. The Bertz CT molecular complexity index is 834. The molecule has 7 nitrogen and oxygen atoms in total. The van der Waals surface area contributed by atoms with Crippen LogP contribution in [0, 0.1) is 6.92 Å². The molecule has 1 aliphatic heterocycles. The molecule has 0 spiro atoms. The zero-order valence-corrected chi connectivity index (χ0v) is 16.0. The van der Waals surface area contributed by atoms with Crippen LogP contribution in [0.1, 0.15) is 35.7 Å². The Balaban J connectivity index is 1.66. The van der Waals surface area contributed by atoms with Gasteiger partial charge < -0.3 is 9.32 Å². The number of tetrazole rings is 1. The minimum atomic E-state index is 0.0366. The van der Waals surface area contributed by atoms with E-state index in [1.54, 1.807) is 6.26 Å². The molecule has 1 fully saturated rings. The van der Waals surface area contributed by atoms with Gasteiger partial charge in [-0.25, -0.2) is 4.68 Å². The fourth-order valence-corrected chi connectivity index (χ4v) is 3.68. The number of aryl methyl sites for hydroxylation is 1. The Labute approximate surface area is 159 Å². The van der Waals surface area contributed by atoms with Gasteiger partial charge in [0.1, 0.15) is 12.3 Å². The van der Waals surface area contributed by atoms with E-state index < -0.39 is 0 Å². The quantitative estimate of drug-likeness (QED) is 0.667. The van der Waals surface area contributed by atoms with Gasteiger partial charge in [-0.3, -0.25) is 4.90 Å². The monoisotopic (exact) mass is 366 g/mol. The van der Waals surface area contributed by atoms with E-state index in [2.05, 4.69) is 63.4 Å². The van der Waals surface area contributed by atoms with E-state index in [1.807, 2.05) is 16.8 Å². The van der Waals surface area contributed by atoms with Gasteiger partial charge in [-0.2, -0.15) is 0 Å². The van der Waals surface area contributed by atoms with E-state index in [0.29, 0.717) is 6.54 Å². The summed E-state index contributed by atoms with van der Waals surface area (Å²) in [5, 5.41) is 12.6. The molecule has 0 N–H and O–H groups in total. The van der Waals surface area contributed by atoms with Crippen LogP contribution in [-0.4, -0.2) is 62.7 Å². The molecule has 3 aromatic rings. The lowest BCUT2D eigenvalue weighted by Crippen LogP contribution is -2.48. The standard InChI is InChI=1S/C20H26N6O/c1-3-24-10-12-25(13-11-24)19(17-8-6-16(2)7-9-17)20-21-22-23-26(20)15-18-5-4-14-27-18/h4-9,14,19H,3,10-13,15H2,1-2H3/t19-/m0/s1. The Kier molecular flexibility index (Phi) is 5.31. The summed E-state index contributed by atoms with van der Waals surface area (Å²) in [7, 11) is 0. The predicted octanol–water partition coefficient (Wildman–Crippen LogP) is 2.35. The summed E-state index contributed by atoms with van der Waals surface area (Å²) in [6.45, 7) is 10.1. The molecule has 0 aliphatic carbocycles. The van der Waals surface area contributed by atoms with Crippen LogP contribution in [0.3, 0.4) is 0 Å². The molecule has 0 saturated carbocycles. The first-order valence-electron chi connectivity index (χ1n) is 9.56. The van der Waals surface area contributed by atoms with Crippen LogP contribution in [0.5, 0.6) is 0 Å². The zero-order valence-electron chi connectivity index (χ0n) is 16.0. The smallest absolute Gasteiger partial charge is 0.173 e. The molecule has 0 unspecified atom stereocenters. The highest BCUT2D eigenvalue weighted by Gasteiger charge is 2.30. The van der Waals surface area contributed by atoms with Crippen LogP contribution in [0.4, 0.5) is 0 Å². The predicted molar refractivity (Wildman–Crippen MR) is 102 cm³/mol. The van der Waals surface area contributed by atoms with Crippen LogP contribution in [0.2, 0.25) is 0 Å².